The van der Waals surface area contributed by atoms with Crippen molar-refractivity contribution in [1.29, 1.82) is 0 Å². The topological polar surface area (TPSA) is 63.8 Å². The van der Waals surface area contributed by atoms with E-state index in [4.69, 9.17) is 5.73 Å². The molecular formula is C13H17FN4S. The Hall–Kier alpha value is -1.53. The predicted molar refractivity (Wildman–Crippen MR) is 75.9 cm³/mol. The predicted octanol–water partition coefficient (Wildman–Crippen LogP) is 2.42. The summed E-state index contributed by atoms with van der Waals surface area (Å²) < 4.78 is 17.3. The Bertz CT molecular complexity index is 527. The lowest BCUT2D eigenvalue weighted by Crippen LogP contribution is -2.19. The van der Waals surface area contributed by atoms with Crippen LogP contribution in [0.2, 0.25) is 0 Å². The van der Waals surface area contributed by atoms with Crippen molar-refractivity contribution < 1.29 is 4.39 Å². The highest BCUT2D eigenvalue weighted by atomic mass is 32.1. The molecule has 0 spiro atoms. The molecule has 1 heterocycles. The van der Waals surface area contributed by atoms with E-state index in [2.05, 4.69) is 14.7 Å². The fraction of sp³-hybridized carbons (Fsp3) is 0.385. The van der Waals surface area contributed by atoms with Gasteiger partial charge in [-0.1, -0.05) is 12.1 Å². The van der Waals surface area contributed by atoms with Crippen molar-refractivity contribution in [2.24, 2.45) is 5.73 Å². The number of hydrogen-bond donors (Lipinski definition) is 2. The molecule has 2 rings (SSSR count). The van der Waals surface area contributed by atoms with E-state index in [0.717, 1.165) is 23.7 Å². The Kier molecular flexibility index (Phi) is 4.81. The third-order valence-electron chi connectivity index (χ3n) is 2.60. The minimum atomic E-state index is -0.233. The van der Waals surface area contributed by atoms with Crippen molar-refractivity contribution in [2.75, 3.05) is 11.9 Å². The van der Waals surface area contributed by atoms with Gasteiger partial charge in [-0.2, -0.15) is 4.37 Å². The fourth-order valence-corrected chi connectivity index (χ4v) is 2.24. The van der Waals surface area contributed by atoms with Gasteiger partial charge in [-0.05, 0) is 31.0 Å². The molecule has 0 bridgehead atoms. The summed E-state index contributed by atoms with van der Waals surface area (Å²) in [6, 6.07) is 6.67. The molecule has 2 aromatic rings. The molecule has 1 aromatic heterocycles. The number of aromatic nitrogens is 2. The molecule has 1 unspecified atom stereocenters. The highest BCUT2D eigenvalue weighted by Crippen LogP contribution is 2.14. The molecule has 19 heavy (non-hydrogen) atoms. The van der Waals surface area contributed by atoms with Crippen LogP contribution in [0.5, 0.6) is 0 Å². The van der Waals surface area contributed by atoms with Crippen LogP contribution in [0.1, 0.15) is 24.7 Å². The second kappa shape index (κ2) is 6.58. The quantitative estimate of drug-likeness (QED) is 0.853. The number of benzene rings is 1. The lowest BCUT2D eigenvalue weighted by Gasteiger charge is -2.04. The van der Waals surface area contributed by atoms with Gasteiger partial charge in [0.25, 0.3) is 0 Å². The van der Waals surface area contributed by atoms with E-state index >= 15 is 0 Å². The van der Waals surface area contributed by atoms with Crippen molar-refractivity contribution in [3.8, 4) is 0 Å². The average molecular weight is 280 g/mol. The first-order chi connectivity index (χ1) is 9.13. The van der Waals surface area contributed by atoms with Crippen LogP contribution in [0.25, 0.3) is 0 Å². The third kappa shape index (κ3) is 4.57. The van der Waals surface area contributed by atoms with Gasteiger partial charge in [-0.25, -0.2) is 9.37 Å². The van der Waals surface area contributed by atoms with Crippen LogP contribution >= 0.6 is 11.5 Å². The fourth-order valence-electron chi connectivity index (χ4n) is 1.63. The van der Waals surface area contributed by atoms with Crippen molar-refractivity contribution >= 4 is 16.7 Å². The highest BCUT2D eigenvalue weighted by Gasteiger charge is 2.05. The molecule has 0 aliphatic carbocycles. The van der Waals surface area contributed by atoms with E-state index in [-0.39, 0.29) is 11.9 Å². The number of nitrogens with one attached hydrogen (secondary N) is 1. The minimum absolute atomic E-state index is 0.173. The molecule has 0 aliphatic rings. The summed E-state index contributed by atoms with van der Waals surface area (Å²) >= 11 is 1.32. The summed E-state index contributed by atoms with van der Waals surface area (Å²) in [4.78, 5) is 4.37. The van der Waals surface area contributed by atoms with Crippen molar-refractivity contribution in [1.82, 2.24) is 9.36 Å². The largest absolute Gasteiger partial charge is 0.360 e. The van der Waals surface area contributed by atoms with E-state index in [0.29, 0.717) is 12.2 Å². The second-order valence-corrected chi connectivity index (χ2v) is 5.27. The summed E-state index contributed by atoms with van der Waals surface area (Å²) in [6.45, 7) is 2.75. The Morgan fingerprint density at radius 2 is 2.32 bits per heavy atom. The Morgan fingerprint density at radius 1 is 1.47 bits per heavy atom. The summed E-state index contributed by atoms with van der Waals surface area (Å²) in [5.74, 6) is 0.474. The van der Waals surface area contributed by atoms with Gasteiger partial charge in [0, 0.05) is 30.5 Å². The summed E-state index contributed by atoms with van der Waals surface area (Å²) in [7, 11) is 0. The molecule has 0 saturated carbocycles. The standard InChI is InChI=1S/C13H17FN4S/c1-9(15)5-6-16-13-17-12(18-19-13)8-10-3-2-4-11(14)7-10/h2-4,7,9H,5-6,8,15H2,1H3,(H,16,17,18). The number of nitrogens with two attached hydrogens (primary N) is 1. The first-order valence-electron chi connectivity index (χ1n) is 6.20. The smallest absolute Gasteiger partial charge is 0.202 e. The number of rotatable bonds is 6. The van der Waals surface area contributed by atoms with E-state index < -0.39 is 0 Å². The highest BCUT2D eigenvalue weighted by molar-refractivity contribution is 7.09. The van der Waals surface area contributed by atoms with Gasteiger partial charge in [0.1, 0.15) is 11.6 Å². The number of anilines is 1. The molecule has 0 radical (unpaired) electrons. The molecule has 0 aliphatic heterocycles. The van der Waals surface area contributed by atoms with Crippen molar-refractivity contribution in [3.63, 3.8) is 0 Å². The Morgan fingerprint density at radius 3 is 3.05 bits per heavy atom. The number of hydrogen-bond acceptors (Lipinski definition) is 5. The molecule has 0 fully saturated rings. The van der Waals surface area contributed by atoms with E-state index in [1.54, 1.807) is 6.07 Å². The molecule has 102 valence electrons. The zero-order valence-corrected chi connectivity index (χ0v) is 11.6. The van der Waals surface area contributed by atoms with Gasteiger partial charge < -0.3 is 11.1 Å². The molecule has 0 saturated heterocycles. The Balaban J connectivity index is 1.90. The second-order valence-electron chi connectivity index (χ2n) is 4.52. The molecular weight excluding hydrogens is 263 g/mol. The first kappa shape index (κ1) is 13.9. The van der Waals surface area contributed by atoms with Gasteiger partial charge in [0.15, 0.2) is 0 Å². The van der Waals surface area contributed by atoms with Crippen molar-refractivity contribution in [2.45, 2.75) is 25.8 Å². The van der Waals surface area contributed by atoms with Crippen LogP contribution in [0.3, 0.4) is 0 Å². The lowest BCUT2D eigenvalue weighted by molar-refractivity contribution is 0.626. The van der Waals surface area contributed by atoms with Crippen LogP contribution in [-0.2, 0) is 6.42 Å². The van der Waals surface area contributed by atoms with Gasteiger partial charge in [-0.15, -0.1) is 0 Å². The number of halogens is 1. The van der Waals surface area contributed by atoms with Crippen LogP contribution in [0, 0.1) is 5.82 Å². The Labute approximate surface area is 116 Å². The molecule has 6 heteroatoms. The maximum absolute atomic E-state index is 13.1. The summed E-state index contributed by atoms with van der Waals surface area (Å²) in [5, 5.41) is 3.97. The number of nitrogens with zero attached hydrogens (tertiary/aromatic N) is 2. The van der Waals surface area contributed by atoms with Gasteiger partial charge in [-0.3, -0.25) is 0 Å². The SMILES string of the molecule is CC(N)CCNc1nc(Cc2cccc(F)c2)ns1. The van der Waals surface area contributed by atoms with E-state index in [1.165, 1.54) is 23.7 Å². The molecule has 3 N–H and O–H groups in total. The first-order valence-corrected chi connectivity index (χ1v) is 6.97. The van der Waals surface area contributed by atoms with Gasteiger partial charge >= 0.3 is 0 Å². The molecule has 4 nitrogen and oxygen atoms in total. The maximum atomic E-state index is 13.1. The van der Waals surface area contributed by atoms with E-state index in [9.17, 15) is 4.39 Å². The third-order valence-corrected chi connectivity index (χ3v) is 3.31. The van der Waals surface area contributed by atoms with Crippen LogP contribution in [0.4, 0.5) is 9.52 Å². The maximum Gasteiger partial charge on any atom is 0.202 e. The van der Waals surface area contributed by atoms with Crippen LogP contribution in [-0.4, -0.2) is 21.9 Å². The minimum Gasteiger partial charge on any atom is -0.360 e. The van der Waals surface area contributed by atoms with Gasteiger partial charge in [0.05, 0.1) is 0 Å². The molecule has 0 amide bonds. The van der Waals surface area contributed by atoms with Crippen LogP contribution < -0.4 is 11.1 Å². The monoisotopic (exact) mass is 280 g/mol. The zero-order valence-electron chi connectivity index (χ0n) is 10.8. The summed E-state index contributed by atoms with van der Waals surface area (Å²) in [6.07, 6.45) is 1.43. The summed E-state index contributed by atoms with van der Waals surface area (Å²) in [5.41, 5.74) is 6.54. The normalized spacial score (nSPS) is 12.4. The molecule has 1 aromatic carbocycles. The van der Waals surface area contributed by atoms with Crippen molar-refractivity contribution in [3.05, 3.63) is 41.5 Å². The lowest BCUT2D eigenvalue weighted by atomic mass is 10.1. The molecule has 1 atom stereocenters. The van der Waals surface area contributed by atoms with Gasteiger partial charge in [0.2, 0.25) is 5.13 Å². The zero-order chi connectivity index (χ0) is 13.7. The van der Waals surface area contributed by atoms with E-state index in [1.807, 2.05) is 13.0 Å². The van der Waals surface area contributed by atoms with Crippen LogP contribution in [0.15, 0.2) is 24.3 Å². The average Bonchev–Trinajstić information content (AvgIpc) is 2.76.